The monoisotopic (exact) mass is 397 g/mol. The van der Waals surface area contributed by atoms with E-state index in [9.17, 15) is 14.4 Å². The summed E-state index contributed by atoms with van der Waals surface area (Å²) >= 11 is 0. The average Bonchev–Trinajstić information content (AvgIpc) is 3.24. The smallest absolute Gasteiger partial charge is 0.349 e. The van der Waals surface area contributed by atoms with Gasteiger partial charge in [0.05, 0.1) is 6.61 Å². The fraction of sp³-hybridized carbons (Fsp3) is 0.0833. The molecule has 1 aliphatic carbocycles. The Morgan fingerprint density at radius 3 is 2.33 bits per heavy atom. The van der Waals surface area contributed by atoms with Gasteiger partial charge in [-0.25, -0.2) is 4.79 Å². The van der Waals surface area contributed by atoms with Crippen LogP contribution in [0.2, 0.25) is 0 Å². The maximum Gasteiger partial charge on any atom is 0.349 e. The summed E-state index contributed by atoms with van der Waals surface area (Å²) in [4.78, 5) is 37.4. The number of benzene rings is 2. The van der Waals surface area contributed by atoms with E-state index in [1.54, 1.807) is 67.6 Å². The molecule has 2 aromatic carbocycles. The first-order chi connectivity index (χ1) is 14.5. The summed E-state index contributed by atoms with van der Waals surface area (Å²) in [7, 11) is 0. The molecule has 4 rings (SSSR count). The minimum atomic E-state index is -0.727. The third kappa shape index (κ3) is 3.23. The van der Waals surface area contributed by atoms with Crippen molar-refractivity contribution in [2.24, 2.45) is 0 Å². The number of hydrogen-bond acceptors (Lipinski definition) is 6. The molecule has 1 heterocycles. The number of carbonyl (C=O) groups excluding carboxylic acids is 3. The Morgan fingerprint density at radius 2 is 1.67 bits per heavy atom. The highest BCUT2D eigenvalue weighted by Crippen LogP contribution is 2.31. The largest absolute Gasteiger partial charge is 0.462 e. The van der Waals surface area contributed by atoms with Crippen LogP contribution in [0.1, 0.15) is 44.5 Å². The van der Waals surface area contributed by atoms with E-state index in [0.717, 1.165) is 0 Å². The van der Waals surface area contributed by atoms with Crippen molar-refractivity contribution in [3.05, 3.63) is 88.2 Å². The van der Waals surface area contributed by atoms with Crippen LogP contribution in [0.5, 0.6) is 0 Å². The highest BCUT2D eigenvalue weighted by atomic mass is 16.5. The number of esters is 1. The summed E-state index contributed by atoms with van der Waals surface area (Å²) in [5.41, 5.74) is 1.86. The van der Waals surface area contributed by atoms with E-state index in [1.807, 2.05) is 0 Å². The van der Waals surface area contributed by atoms with E-state index in [-0.39, 0.29) is 23.7 Å². The van der Waals surface area contributed by atoms with Crippen molar-refractivity contribution >= 4 is 23.6 Å². The SMILES string of the molecule is CCOC(=O)/C(C#N)=C/c1ccc(-c2ccc3c(c2)C(=O)c2ccccc2C3=O)o1. The van der Waals surface area contributed by atoms with Gasteiger partial charge in [0.1, 0.15) is 23.2 Å². The maximum absolute atomic E-state index is 12.9. The number of fused-ring (bicyclic) bond motifs is 2. The first-order valence-electron chi connectivity index (χ1n) is 9.25. The third-order valence-electron chi connectivity index (χ3n) is 4.74. The number of ketones is 2. The van der Waals surface area contributed by atoms with Gasteiger partial charge in [-0.05, 0) is 31.2 Å². The molecule has 0 unspecified atom stereocenters. The molecule has 0 amide bonds. The van der Waals surface area contributed by atoms with E-state index in [2.05, 4.69) is 0 Å². The third-order valence-corrected chi connectivity index (χ3v) is 4.74. The van der Waals surface area contributed by atoms with Crippen LogP contribution in [-0.2, 0) is 9.53 Å². The molecule has 146 valence electrons. The van der Waals surface area contributed by atoms with Crippen molar-refractivity contribution in [2.45, 2.75) is 6.92 Å². The lowest BCUT2D eigenvalue weighted by Gasteiger charge is -2.17. The molecule has 1 aliphatic rings. The number of nitriles is 1. The lowest BCUT2D eigenvalue weighted by Crippen LogP contribution is -2.20. The average molecular weight is 397 g/mol. The normalized spacial score (nSPS) is 12.7. The number of hydrogen-bond donors (Lipinski definition) is 0. The first-order valence-corrected chi connectivity index (χ1v) is 9.25. The second-order valence-corrected chi connectivity index (χ2v) is 6.56. The number of furan rings is 1. The minimum Gasteiger partial charge on any atom is -0.462 e. The van der Waals surface area contributed by atoms with Gasteiger partial charge in [-0.3, -0.25) is 9.59 Å². The number of rotatable bonds is 4. The fourth-order valence-corrected chi connectivity index (χ4v) is 3.33. The number of carbonyl (C=O) groups is 3. The Bertz CT molecular complexity index is 1270. The van der Waals surface area contributed by atoms with Gasteiger partial charge >= 0.3 is 5.97 Å². The molecular formula is C24H15NO5. The van der Waals surface area contributed by atoms with Gasteiger partial charge in [-0.1, -0.05) is 30.3 Å². The summed E-state index contributed by atoms with van der Waals surface area (Å²) in [5, 5.41) is 9.14. The van der Waals surface area contributed by atoms with Crippen LogP contribution >= 0.6 is 0 Å². The second-order valence-electron chi connectivity index (χ2n) is 6.56. The van der Waals surface area contributed by atoms with Crippen molar-refractivity contribution in [2.75, 3.05) is 6.61 Å². The van der Waals surface area contributed by atoms with Crippen LogP contribution in [0.25, 0.3) is 17.4 Å². The first kappa shape index (κ1) is 19.1. The lowest BCUT2D eigenvalue weighted by molar-refractivity contribution is -0.137. The van der Waals surface area contributed by atoms with Crippen LogP contribution < -0.4 is 0 Å². The molecule has 1 aromatic heterocycles. The zero-order chi connectivity index (χ0) is 21.3. The van der Waals surface area contributed by atoms with Crippen molar-refractivity contribution in [3.8, 4) is 17.4 Å². The molecule has 3 aromatic rings. The molecule has 0 fully saturated rings. The summed E-state index contributed by atoms with van der Waals surface area (Å²) in [6, 6.07) is 16.7. The fourth-order valence-electron chi connectivity index (χ4n) is 3.33. The van der Waals surface area contributed by atoms with Gasteiger partial charge in [0.25, 0.3) is 0 Å². The zero-order valence-electron chi connectivity index (χ0n) is 16.0. The Labute approximate surface area is 172 Å². The summed E-state index contributed by atoms with van der Waals surface area (Å²) < 4.78 is 10.6. The van der Waals surface area contributed by atoms with Gasteiger partial charge in [0, 0.05) is 33.9 Å². The summed E-state index contributed by atoms with van der Waals surface area (Å²) in [5.74, 6) is -0.412. The van der Waals surface area contributed by atoms with Crippen molar-refractivity contribution in [3.63, 3.8) is 0 Å². The molecule has 0 N–H and O–H groups in total. The molecule has 6 nitrogen and oxygen atoms in total. The van der Waals surface area contributed by atoms with E-state index in [1.165, 1.54) is 6.08 Å². The van der Waals surface area contributed by atoms with Gasteiger partial charge in [0.2, 0.25) is 0 Å². The molecule has 0 bridgehead atoms. The van der Waals surface area contributed by atoms with Crippen LogP contribution in [0.3, 0.4) is 0 Å². The highest BCUT2D eigenvalue weighted by molar-refractivity contribution is 6.28. The molecule has 0 aliphatic heterocycles. The number of nitrogens with zero attached hydrogens (tertiary/aromatic N) is 1. The van der Waals surface area contributed by atoms with E-state index >= 15 is 0 Å². The number of ether oxygens (including phenoxy) is 1. The molecule has 0 saturated carbocycles. The lowest BCUT2D eigenvalue weighted by atomic mass is 9.83. The Kier molecular flexibility index (Phi) is 4.87. The molecule has 0 saturated heterocycles. The van der Waals surface area contributed by atoms with Crippen molar-refractivity contribution in [1.29, 1.82) is 5.26 Å². The molecule has 0 spiro atoms. The maximum atomic E-state index is 12.9. The summed E-state index contributed by atoms with van der Waals surface area (Å²) in [6.07, 6.45) is 1.30. The van der Waals surface area contributed by atoms with E-state index < -0.39 is 5.97 Å². The minimum absolute atomic E-state index is 0.159. The van der Waals surface area contributed by atoms with Crippen LogP contribution in [0.15, 0.2) is 64.6 Å². The van der Waals surface area contributed by atoms with Crippen LogP contribution in [-0.4, -0.2) is 24.1 Å². The van der Waals surface area contributed by atoms with Crippen LogP contribution in [0, 0.1) is 11.3 Å². The summed E-state index contributed by atoms with van der Waals surface area (Å²) in [6.45, 7) is 1.81. The van der Waals surface area contributed by atoms with Gasteiger partial charge in [-0.2, -0.15) is 5.26 Å². The standard InChI is InChI=1S/C24H15NO5/c1-2-29-24(28)15(13-25)11-16-8-10-21(30-16)14-7-9-19-20(12-14)23(27)18-6-4-3-5-17(18)22(19)26/h3-12H,2H2,1H3/b15-11+. The van der Waals surface area contributed by atoms with Crippen molar-refractivity contribution < 1.29 is 23.5 Å². The van der Waals surface area contributed by atoms with E-state index in [4.69, 9.17) is 14.4 Å². The predicted molar refractivity (Wildman–Crippen MR) is 108 cm³/mol. The van der Waals surface area contributed by atoms with Crippen molar-refractivity contribution in [1.82, 2.24) is 0 Å². The van der Waals surface area contributed by atoms with E-state index in [0.29, 0.717) is 39.3 Å². The Morgan fingerprint density at radius 1 is 1.00 bits per heavy atom. The van der Waals surface area contributed by atoms with Gasteiger partial charge in [0.15, 0.2) is 11.6 Å². The molecule has 0 atom stereocenters. The van der Waals surface area contributed by atoms with Gasteiger partial charge in [-0.15, -0.1) is 0 Å². The Balaban J connectivity index is 1.69. The topological polar surface area (TPSA) is 97.4 Å². The molecular weight excluding hydrogens is 382 g/mol. The Hall–Kier alpha value is -4.24. The molecule has 30 heavy (non-hydrogen) atoms. The van der Waals surface area contributed by atoms with Crippen LogP contribution in [0.4, 0.5) is 0 Å². The quantitative estimate of drug-likeness (QED) is 0.291. The second kappa shape index (κ2) is 7.64. The molecule has 6 heteroatoms. The van der Waals surface area contributed by atoms with Gasteiger partial charge < -0.3 is 9.15 Å². The highest BCUT2D eigenvalue weighted by Gasteiger charge is 2.29. The zero-order valence-corrected chi connectivity index (χ0v) is 16.0. The predicted octanol–water partition coefficient (Wildman–Crippen LogP) is 4.19. The molecule has 0 radical (unpaired) electrons.